The summed E-state index contributed by atoms with van der Waals surface area (Å²) in [4.78, 5) is 10.6. The van der Waals surface area contributed by atoms with Crippen molar-refractivity contribution in [2.75, 3.05) is 9.80 Å². The maximum absolute atomic E-state index is 2.73. The van der Waals surface area contributed by atoms with Crippen LogP contribution >= 0.6 is 23.5 Å². The van der Waals surface area contributed by atoms with E-state index in [4.69, 9.17) is 0 Å². The van der Waals surface area contributed by atoms with Gasteiger partial charge in [-0.3, -0.25) is 0 Å². The van der Waals surface area contributed by atoms with Gasteiger partial charge in [-0.2, -0.15) is 0 Å². The van der Waals surface area contributed by atoms with Crippen LogP contribution in [0.1, 0.15) is 79.0 Å². The van der Waals surface area contributed by atoms with Crippen molar-refractivity contribution >= 4 is 147 Å². The molecule has 0 bridgehead atoms. The van der Waals surface area contributed by atoms with Gasteiger partial charge in [0.1, 0.15) is 0 Å². The monoisotopic (exact) mass is 1290 g/mol. The Kier molecular flexibility index (Phi) is 13.1. The van der Waals surface area contributed by atoms with Gasteiger partial charge in [0.15, 0.2) is 0 Å². The first-order chi connectivity index (χ1) is 47.5. The van der Waals surface area contributed by atoms with E-state index < -0.39 is 0 Å². The van der Waals surface area contributed by atoms with Gasteiger partial charge in [0, 0.05) is 92.1 Å². The maximum Gasteiger partial charge on any atom is 0.249 e. The molecule has 8 heteroatoms. The summed E-state index contributed by atoms with van der Waals surface area (Å²) < 4.78 is 5.07. The van der Waals surface area contributed by atoms with Gasteiger partial charge in [-0.05, 0) is 145 Å². The normalized spacial score (nSPS) is 13.8. The number of rotatable bonds is 6. The van der Waals surface area contributed by atoms with Gasteiger partial charge in [0.05, 0.1) is 27.8 Å². The first kappa shape index (κ1) is 59.2. The summed E-state index contributed by atoms with van der Waals surface area (Å²) in [5, 5.41) is 4.99. The van der Waals surface area contributed by atoms with Crippen LogP contribution in [0.4, 0.5) is 34.1 Å². The molecule has 4 aliphatic heterocycles. The smallest absolute Gasteiger partial charge is 0.249 e. The first-order valence-electron chi connectivity index (χ1n) is 34.6. The lowest BCUT2D eigenvalue weighted by molar-refractivity contribution is 0.588. The molecule has 0 saturated heterocycles. The van der Waals surface area contributed by atoms with Crippen molar-refractivity contribution in [3.8, 4) is 33.6 Å². The third-order valence-corrected chi connectivity index (χ3v) is 23.7. The highest BCUT2D eigenvalue weighted by Crippen LogP contribution is 2.53. The summed E-state index contributed by atoms with van der Waals surface area (Å²) in [6, 6.07) is 105. The van der Waals surface area contributed by atoms with Crippen LogP contribution in [0.5, 0.6) is 0 Å². The molecule has 0 fully saturated rings. The molecule has 4 aliphatic rings. The van der Waals surface area contributed by atoms with Crippen LogP contribution in [0.2, 0.25) is 0 Å². The molecule has 470 valence electrons. The predicted molar refractivity (Wildman–Crippen MR) is 422 cm³/mol. The highest BCUT2D eigenvalue weighted by atomic mass is 32.2. The summed E-state index contributed by atoms with van der Waals surface area (Å²) >= 11 is 3.91. The molecule has 4 nitrogen and oxygen atoms in total. The molecule has 0 N–H and O–H groups in total. The predicted octanol–water partition coefficient (Wildman–Crippen LogP) is 20.6. The molecule has 98 heavy (non-hydrogen) atoms. The van der Waals surface area contributed by atoms with Gasteiger partial charge >= 0.3 is 0 Å². The van der Waals surface area contributed by atoms with Crippen molar-refractivity contribution in [2.24, 2.45) is 0 Å². The van der Waals surface area contributed by atoms with Crippen LogP contribution in [-0.4, -0.2) is 22.6 Å². The molecular weight excluding hydrogens is 1220 g/mol. The van der Waals surface area contributed by atoms with E-state index in [1.165, 1.54) is 130 Å². The second kappa shape index (κ2) is 21.7. The Balaban J connectivity index is 0.980. The van der Waals surface area contributed by atoms with Gasteiger partial charge in [-0.25, -0.2) is 0 Å². The molecule has 0 radical (unpaired) electrons. The van der Waals surface area contributed by atoms with Crippen LogP contribution in [-0.2, 0) is 16.2 Å². The number of aromatic nitrogens is 2. The number of nitrogens with zero attached hydrogens (tertiary/aromatic N) is 4. The van der Waals surface area contributed by atoms with Crippen LogP contribution in [0, 0.1) is 0 Å². The molecule has 0 unspecified atom stereocenters. The quantitative estimate of drug-likeness (QED) is 0.154. The summed E-state index contributed by atoms with van der Waals surface area (Å²) in [7, 11) is 0. The SMILES string of the molecule is CC(C)(C)c1ccc(N2c3cc4c(cc3B3c5ccc(C(C)(C)C)cc5Sc5cc(-n6c7ccccc7c7ccccc76)cc2c53)B2c3ccc(C(C)(C)C)cc3Sc3cc(-n5c6ccccc6c6ccccc65)cc(c32)N4c2c(-c3ccccc3)cccc2-c2ccccc2)cc1. The third kappa shape index (κ3) is 9.02. The standard InChI is InChI=1S/C90H72B2N4S2/c1-88(2,3)57-39-43-60(44-40-57)93-77-54-78-72(53-71(77)91-69-45-41-58(89(4,5)6)47-81(69)97-83-51-61(49-79(93)85(83)91)94-73-35-20-16-29-65(73)66-30-17-21-36-74(66)94)92-70-46-42-59(90(7,8)9)48-82(70)98-84-52-62(95-75-37-22-18-31-67(75)68-32-19-23-38-76(68)95)50-80(86(84)92)96(78)87-63(55-25-12-10-13-26-55)33-24-34-64(87)56-27-14-11-15-28-56/h10-54H,1-9H3. The average Bonchev–Trinajstić information content (AvgIpc) is 0.860. The summed E-state index contributed by atoms with van der Waals surface area (Å²) in [6.45, 7) is 20.9. The minimum absolute atomic E-state index is 0.0555. The van der Waals surface area contributed by atoms with Crippen molar-refractivity contribution in [3.05, 3.63) is 290 Å². The Morgan fingerprint density at radius 3 is 1.07 bits per heavy atom. The zero-order valence-corrected chi connectivity index (χ0v) is 58.4. The number of anilines is 6. The minimum Gasteiger partial charge on any atom is -0.311 e. The molecule has 0 saturated carbocycles. The molecule has 19 rings (SSSR count). The van der Waals surface area contributed by atoms with E-state index in [0.717, 1.165) is 50.7 Å². The second-order valence-electron chi connectivity index (χ2n) is 30.4. The number of fused-ring (bicyclic) bond motifs is 14. The van der Waals surface area contributed by atoms with E-state index in [0.29, 0.717) is 0 Å². The fourth-order valence-electron chi connectivity index (χ4n) is 16.7. The molecule has 2 aromatic heterocycles. The first-order valence-corrected chi connectivity index (χ1v) is 36.3. The maximum atomic E-state index is 2.73. The van der Waals surface area contributed by atoms with Crippen molar-refractivity contribution in [1.82, 2.24) is 9.13 Å². The van der Waals surface area contributed by atoms with Gasteiger partial charge in [0.25, 0.3) is 0 Å². The van der Waals surface area contributed by atoms with E-state index in [-0.39, 0.29) is 29.7 Å². The molecule has 0 spiro atoms. The van der Waals surface area contributed by atoms with E-state index >= 15 is 0 Å². The Morgan fingerprint density at radius 2 is 0.653 bits per heavy atom. The van der Waals surface area contributed by atoms with Crippen LogP contribution < -0.4 is 42.6 Å². The lowest BCUT2D eigenvalue weighted by Crippen LogP contribution is -2.64. The summed E-state index contributed by atoms with van der Waals surface area (Å²) in [6.07, 6.45) is 0. The van der Waals surface area contributed by atoms with Gasteiger partial charge < -0.3 is 18.9 Å². The topological polar surface area (TPSA) is 16.3 Å². The summed E-state index contributed by atoms with van der Waals surface area (Å²) in [5.74, 6) is 0. The number of hydrogen-bond donors (Lipinski definition) is 0. The van der Waals surface area contributed by atoms with E-state index in [1.807, 2.05) is 23.5 Å². The Morgan fingerprint density at radius 1 is 0.276 bits per heavy atom. The molecule has 13 aromatic carbocycles. The van der Waals surface area contributed by atoms with E-state index in [1.54, 1.807) is 0 Å². The Labute approximate surface area is 583 Å². The van der Waals surface area contributed by atoms with Crippen molar-refractivity contribution in [3.63, 3.8) is 0 Å². The fraction of sp³-hybridized carbons (Fsp3) is 0.133. The van der Waals surface area contributed by atoms with Crippen molar-refractivity contribution in [2.45, 2.75) is 98.1 Å². The molecule has 15 aromatic rings. The van der Waals surface area contributed by atoms with Crippen molar-refractivity contribution < 1.29 is 0 Å². The molecule has 6 heterocycles. The zero-order valence-electron chi connectivity index (χ0n) is 56.7. The van der Waals surface area contributed by atoms with Gasteiger partial charge in [-0.15, -0.1) is 0 Å². The van der Waals surface area contributed by atoms with Crippen LogP contribution in [0.15, 0.2) is 293 Å². The average molecular weight is 1300 g/mol. The minimum atomic E-state index is -0.128. The molecule has 0 amide bonds. The number of para-hydroxylation sites is 5. The molecular formula is C90H72B2N4S2. The lowest BCUT2D eigenvalue weighted by Gasteiger charge is -2.45. The number of benzene rings is 13. The molecule has 0 aliphatic carbocycles. The fourth-order valence-corrected chi connectivity index (χ4v) is 19.1. The van der Waals surface area contributed by atoms with Crippen LogP contribution in [0.25, 0.3) is 77.2 Å². The third-order valence-electron chi connectivity index (χ3n) is 21.5. The van der Waals surface area contributed by atoms with Gasteiger partial charge in [-0.1, -0.05) is 291 Å². The van der Waals surface area contributed by atoms with Crippen LogP contribution in [0.3, 0.4) is 0 Å². The van der Waals surface area contributed by atoms with E-state index in [9.17, 15) is 0 Å². The van der Waals surface area contributed by atoms with Gasteiger partial charge in [0.2, 0.25) is 13.4 Å². The highest BCUT2D eigenvalue weighted by Gasteiger charge is 2.48. The second-order valence-corrected chi connectivity index (χ2v) is 32.6. The number of hydrogen-bond acceptors (Lipinski definition) is 4. The lowest BCUT2D eigenvalue weighted by atomic mass is 9.31. The largest absolute Gasteiger partial charge is 0.311 e. The molecule has 0 atom stereocenters. The Bertz CT molecular complexity index is 5680. The summed E-state index contributed by atoms with van der Waals surface area (Å²) in [5.41, 5.74) is 30.5. The Hall–Kier alpha value is -10.1. The van der Waals surface area contributed by atoms with Crippen molar-refractivity contribution in [1.29, 1.82) is 0 Å². The zero-order chi connectivity index (χ0) is 66.3. The van der Waals surface area contributed by atoms with E-state index in [2.05, 4.69) is 354 Å². The highest BCUT2D eigenvalue weighted by molar-refractivity contribution is 8.00.